The molecule has 0 aliphatic heterocycles. The summed E-state index contributed by atoms with van der Waals surface area (Å²) in [6, 6.07) is 1.27. The minimum Gasteiger partial charge on any atom is -0.337 e. The SMILES string of the molecule is Cc1noc(Cn2c(C(C)C)nc(Cl)cc2=O)n1. The average molecular weight is 269 g/mol. The molecule has 0 aromatic carbocycles. The molecule has 0 aliphatic carbocycles. The summed E-state index contributed by atoms with van der Waals surface area (Å²) in [5, 5.41) is 3.88. The summed E-state index contributed by atoms with van der Waals surface area (Å²) in [4.78, 5) is 20.2. The normalized spacial score (nSPS) is 11.2. The van der Waals surface area contributed by atoms with E-state index in [1.54, 1.807) is 6.92 Å². The molecule has 0 unspecified atom stereocenters. The number of halogens is 1. The third kappa shape index (κ3) is 2.59. The lowest BCUT2D eigenvalue weighted by Gasteiger charge is -2.12. The Morgan fingerprint density at radius 2 is 2.17 bits per heavy atom. The van der Waals surface area contributed by atoms with Crippen molar-refractivity contribution in [1.82, 2.24) is 19.7 Å². The van der Waals surface area contributed by atoms with E-state index in [4.69, 9.17) is 16.1 Å². The second-order valence-corrected chi connectivity index (χ2v) is 4.64. The molecule has 0 fully saturated rings. The highest BCUT2D eigenvalue weighted by molar-refractivity contribution is 6.29. The first-order valence-corrected chi connectivity index (χ1v) is 5.91. The van der Waals surface area contributed by atoms with Crippen LogP contribution in [-0.4, -0.2) is 19.7 Å². The summed E-state index contributed by atoms with van der Waals surface area (Å²) in [5.74, 6) is 1.58. The van der Waals surface area contributed by atoms with Crippen LogP contribution in [0.4, 0.5) is 0 Å². The third-order valence-electron chi connectivity index (χ3n) is 2.39. The topological polar surface area (TPSA) is 73.8 Å². The largest absolute Gasteiger partial charge is 0.337 e. The summed E-state index contributed by atoms with van der Waals surface area (Å²) in [7, 11) is 0. The lowest BCUT2D eigenvalue weighted by molar-refractivity contribution is 0.363. The Hall–Kier alpha value is -1.69. The van der Waals surface area contributed by atoms with Crippen molar-refractivity contribution in [1.29, 1.82) is 0 Å². The predicted molar refractivity (Wildman–Crippen MR) is 65.7 cm³/mol. The molecule has 0 saturated carbocycles. The van der Waals surface area contributed by atoms with Gasteiger partial charge in [0.25, 0.3) is 5.56 Å². The molecular formula is C11H13ClN4O2. The summed E-state index contributed by atoms with van der Waals surface area (Å²) in [6.45, 7) is 5.80. The highest BCUT2D eigenvalue weighted by atomic mass is 35.5. The Morgan fingerprint density at radius 1 is 1.44 bits per heavy atom. The van der Waals surface area contributed by atoms with E-state index in [-0.39, 0.29) is 23.2 Å². The molecule has 2 aromatic heterocycles. The molecule has 2 heterocycles. The van der Waals surface area contributed by atoms with Crippen molar-refractivity contribution >= 4 is 11.6 Å². The molecule has 7 heteroatoms. The second-order valence-electron chi connectivity index (χ2n) is 4.25. The minimum absolute atomic E-state index is 0.0698. The van der Waals surface area contributed by atoms with Gasteiger partial charge in [-0.15, -0.1) is 0 Å². The molecule has 0 amide bonds. The molecule has 0 atom stereocenters. The first-order valence-electron chi connectivity index (χ1n) is 5.54. The van der Waals surface area contributed by atoms with Crippen molar-refractivity contribution < 1.29 is 4.52 Å². The van der Waals surface area contributed by atoms with Gasteiger partial charge in [-0.2, -0.15) is 4.98 Å². The fraction of sp³-hybridized carbons (Fsp3) is 0.455. The number of rotatable bonds is 3. The monoisotopic (exact) mass is 268 g/mol. The predicted octanol–water partition coefficient (Wildman–Crippen LogP) is 1.76. The molecule has 0 radical (unpaired) electrons. The zero-order valence-electron chi connectivity index (χ0n) is 10.3. The number of aromatic nitrogens is 4. The highest BCUT2D eigenvalue weighted by Gasteiger charge is 2.14. The Kier molecular flexibility index (Phi) is 3.47. The fourth-order valence-corrected chi connectivity index (χ4v) is 1.81. The summed E-state index contributed by atoms with van der Waals surface area (Å²) in [6.07, 6.45) is 0. The van der Waals surface area contributed by atoms with Crippen LogP contribution in [-0.2, 0) is 6.54 Å². The molecule has 2 rings (SSSR count). The molecule has 0 N–H and O–H groups in total. The molecule has 0 bridgehead atoms. The van der Waals surface area contributed by atoms with Crippen molar-refractivity contribution in [2.45, 2.75) is 33.2 Å². The van der Waals surface area contributed by atoms with Crippen LogP contribution in [0.5, 0.6) is 0 Å². The molecule has 6 nitrogen and oxygen atoms in total. The van der Waals surface area contributed by atoms with Crippen molar-refractivity contribution in [3.8, 4) is 0 Å². The quantitative estimate of drug-likeness (QED) is 0.793. The smallest absolute Gasteiger partial charge is 0.255 e. The van der Waals surface area contributed by atoms with Crippen LogP contribution in [0.15, 0.2) is 15.4 Å². The van der Waals surface area contributed by atoms with Crippen molar-refractivity contribution in [3.63, 3.8) is 0 Å². The average Bonchev–Trinajstić information content (AvgIpc) is 2.67. The first-order chi connectivity index (χ1) is 8.47. The fourth-order valence-electron chi connectivity index (χ4n) is 1.63. The van der Waals surface area contributed by atoms with Crippen molar-refractivity contribution in [2.24, 2.45) is 0 Å². The van der Waals surface area contributed by atoms with E-state index in [9.17, 15) is 4.79 Å². The van der Waals surface area contributed by atoms with Crippen LogP contribution in [0.25, 0.3) is 0 Å². The van der Waals surface area contributed by atoms with Crippen molar-refractivity contribution in [3.05, 3.63) is 39.1 Å². The van der Waals surface area contributed by atoms with Gasteiger partial charge in [0.2, 0.25) is 5.89 Å². The summed E-state index contributed by atoms with van der Waals surface area (Å²) < 4.78 is 6.50. The number of hydrogen-bond acceptors (Lipinski definition) is 5. The van der Waals surface area contributed by atoms with E-state index in [0.29, 0.717) is 17.5 Å². The Bertz CT molecular complexity index is 618. The van der Waals surface area contributed by atoms with Gasteiger partial charge < -0.3 is 4.52 Å². The molecule has 0 aliphatic rings. The van der Waals surface area contributed by atoms with E-state index in [1.165, 1.54) is 10.6 Å². The van der Waals surface area contributed by atoms with Crippen molar-refractivity contribution in [2.75, 3.05) is 0 Å². The second kappa shape index (κ2) is 4.89. The van der Waals surface area contributed by atoms with Gasteiger partial charge in [-0.05, 0) is 6.92 Å². The molecular weight excluding hydrogens is 256 g/mol. The molecule has 2 aromatic rings. The minimum atomic E-state index is -0.227. The highest BCUT2D eigenvalue weighted by Crippen LogP contribution is 2.13. The van der Waals surface area contributed by atoms with E-state index in [2.05, 4.69) is 15.1 Å². The Balaban J connectivity index is 2.46. The molecule has 0 spiro atoms. The van der Waals surface area contributed by atoms with Gasteiger partial charge in [0.1, 0.15) is 17.5 Å². The standard InChI is InChI=1S/C11H13ClN4O2/c1-6(2)11-14-8(12)4-10(17)16(11)5-9-13-7(3)15-18-9/h4,6H,5H2,1-3H3. The van der Waals surface area contributed by atoms with Crippen LogP contribution < -0.4 is 5.56 Å². The maximum Gasteiger partial charge on any atom is 0.255 e. The van der Waals surface area contributed by atoms with E-state index in [0.717, 1.165) is 0 Å². The molecule has 0 saturated heterocycles. The molecule has 96 valence electrons. The maximum absolute atomic E-state index is 11.9. The van der Waals surface area contributed by atoms with Crippen LogP contribution >= 0.6 is 11.6 Å². The van der Waals surface area contributed by atoms with Gasteiger partial charge in [0.05, 0.1) is 0 Å². The van der Waals surface area contributed by atoms with Crippen LogP contribution in [0.2, 0.25) is 5.15 Å². The first kappa shape index (κ1) is 12.8. The van der Waals surface area contributed by atoms with Crippen LogP contribution in [0.1, 0.15) is 37.3 Å². The van der Waals surface area contributed by atoms with E-state index >= 15 is 0 Å². The van der Waals surface area contributed by atoms with Gasteiger partial charge in [0.15, 0.2) is 5.82 Å². The summed E-state index contributed by atoms with van der Waals surface area (Å²) >= 11 is 5.80. The van der Waals surface area contributed by atoms with Crippen LogP contribution in [0.3, 0.4) is 0 Å². The van der Waals surface area contributed by atoms with E-state index < -0.39 is 0 Å². The zero-order valence-corrected chi connectivity index (χ0v) is 11.1. The zero-order chi connectivity index (χ0) is 13.3. The van der Waals surface area contributed by atoms with Gasteiger partial charge >= 0.3 is 0 Å². The van der Waals surface area contributed by atoms with Gasteiger partial charge in [-0.3, -0.25) is 9.36 Å². The lowest BCUT2D eigenvalue weighted by Crippen LogP contribution is -2.26. The lowest BCUT2D eigenvalue weighted by atomic mass is 10.2. The Labute approximate surface area is 109 Å². The van der Waals surface area contributed by atoms with Gasteiger partial charge in [0, 0.05) is 12.0 Å². The van der Waals surface area contributed by atoms with Crippen LogP contribution in [0, 0.1) is 6.92 Å². The number of hydrogen-bond donors (Lipinski definition) is 0. The maximum atomic E-state index is 11.9. The van der Waals surface area contributed by atoms with Gasteiger partial charge in [-0.1, -0.05) is 30.6 Å². The van der Waals surface area contributed by atoms with E-state index in [1.807, 2.05) is 13.8 Å². The number of aryl methyl sites for hydroxylation is 1. The summed E-state index contributed by atoms with van der Waals surface area (Å²) in [5.41, 5.74) is -0.227. The third-order valence-corrected chi connectivity index (χ3v) is 2.58. The number of nitrogens with zero attached hydrogens (tertiary/aromatic N) is 4. The molecule has 18 heavy (non-hydrogen) atoms. The van der Waals surface area contributed by atoms with Gasteiger partial charge in [-0.25, -0.2) is 4.98 Å². The Morgan fingerprint density at radius 3 is 2.72 bits per heavy atom.